The molecule has 0 saturated heterocycles. The minimum atomic E-state index is -0.786. The molecule has 0 saturated carbocycles. The zero-order valence-electron chi connectivity index (χ0n) is 6.37. The van der Waals surface area contributed by atoms with Crippen LogP contribution < -0.4 is 0 Å². The van der Waals surface area contributed by atoms with Gasteiger partial charge in [0.2, 0.25) is 0 Å². The van der Waals surface area contributed by atoms with E-state index in [1.54, 1.807) is 11.3 Å². The van der Waals surface area contributed by atoms with Gasteiger partial charge < -0.3 is 5.11 Å². The fourth-order valence-electron chi connectivity index (χ4n) is 0.847. The summed E-state index contributed by atoms with van der Waals surface area (Å²) in [5.74, 6) is -0.786. The first-order valence-corrected chi connectivity index (χ1v) is 5.39. The summed E-state index contributed by atoms with van der Waals surface area (Å²) >= 11 is 4.76. The van der Waals surface area contributed by atoms with E-state index in [4.69, 9.17) is 5.11 Å². The first-order chi connectivity index (χ1) is 5.70. The molecule has 2 nitrogen and oxygen atoms in total. The highest BCUT2D eigenvalue weighted by Gasteiger charge is 2.12. The molecule has 0 fully saturated rings. The van der Waals surface area contributed by atoms with Gasteiger partial charge in [-0.15, -0.1) is 11.3 Å². The molecule has 0 aromatic carbocycles. The van der Waals surface area contributed by atoms with Crippen molar-refractivity contribution in [2.75, 3.05) is 0 Å². The van der Waals surface area contributed by atoms with Crippen molar-refractivity contribution >= 4 is 33.2 Å². The van der Waals surface area contributed by atoms with Crippen LogP contribution >= 0.6 is 27.3 Å². The highest BCUT2D eigenvalue weighted by molar-refractivity contribution is 9.10. The lowest BCUT2D eigenvalue weighted by Crippen LogP contribution is -2.12. The van der Waals surface area contributed by atoms with Crippen LogP contribution in [0.1, 0.15) is 11.3 Å². The number of carboxylic acid groups (broad SMARTS) is 1. The van der Waals surface area contributed by atoms with Crippen molar-refractivity contribution in [2.45, 2.75) is 17.7 Å². The van der Waals surface area contributed by atoms with Crippen molar-refractivity contribution in [3.63, 3.8) is 0 Å². The summed E-state index contributed by atoms with van der Waals surface area (Å²) in [6.07, 6.45) is 1.48. The average Bonchev–Trinajstić information content (AvgIpc) is 2.51. The van der Waals surface area contributed by atoms with Crippen LogP contribution in [0.25, 0.3) is 0 Å². The number of hydrogen-bond donors (Lipinski definition) is 1. The van der Waals surface area contributed by atoms with Crippen LogP contribution in [0, 0.1) is 0 Å². The molecule has 1 atom stereocenters. The molecule has 1 rings (SSSR count). The quantitative estimate of drug-likeness (QED) is 0.832. The zero-order valence-corrected chi connectivity index (χ0v) is 8.77. The minimum absolute atomic E-state index is 0.417. The molecule has 0 aliphatic rings. The number of alkyl halides is 1. The average molecular weight is 249 g/mol. The second kappa shape index (κ2) is 4.62. The van der Waals surface area contributed by atoms with Crippen LogP contribution in [0.3, 0.4) is 0 Å². The zero-order chi connectivity index (χ0) is 8.97. The van der Waals surface area contributed by atoms with Gasteiger partial charge in [-0.1, -0.05) is 22.0 Å². The van der Waals surface area contributed by atoms with E-state index in [1.165, 1.54) is 4.88 Å². The van der Waals surface area contributed by atoms with E-state index in [0.29, 0.717) is 6.42 Å². The van der Waals surface area contributed by atoms with Gasteiger partial charge in [-0.25, -0.2) is 0 Å². The Morgan fingerprint density at radius 2 is 2.50 bits per heavy atom. The summed E-state index contributed by atoms with van der Waals surface area (Å²) in [6, 6.07) is 4.00. The molecule has 0 amide bonds. The molecule has 0 bridgehead atoms. The number of carboxylic acids is 1. The first-order valence-electron chi connectivity index (χ1n) is 3.59. The van der Waals surface area contributed by atoms with Gasteiger partial charge in [-0.05, 0) is 24.3 Å². The fraction of sp³-hybridized carbons (Fsp3) is 0.375. The van der Waals surface area contributed by atoms with Gasteiger partial charge in [0.1, 0.15) is 4.83 Å². The minimum Gasteiger partial charge on any atom is -0.480 e. The lowest BCUT2D eigenvalue weighted by Gasteiger charge is -2.01. The first kappa shape index (κ1) is 9.74. The largest absolute Gasteiger partial charge is 0.480 e. The van der Waals surface area contributed by atoms with Crippen LogP contribution in [0.4, 0.5) is 0 Å². The highest BCUT2D eigenvalue weighted by atomic mass is 79.9. The summed E-state index contributed by atoms with van der Waals surface area (Å²) < 4.78 is 0. The van der Waals surface area contributed by atoms with Gasteiger partial charge in [-0.2, -0.15) is 0 Å². The molecule has 1 heterocycles. The number of rotatable bonds is 4. The molecule has 0 aliphatic heterocycles. The van der Waals surface area contributed by atoms with Crippen LogP contribution in [-0.2, 0) is 11.2 Å². The third-order valence-electron chi connectivity index (χ3n) is 1.49. The van der Waals surface area contributed by atoms with Crippen molar-refractivity contribution in [2.24, 2.45) is 0 Å². The third-order valence-corrected chi connectivity index (χ3v) is 3.28. The number of carbonyl (C=O) groups is 1. The number of aliphatic carboxylic acids is 1. The van der Waals surface area contributed by atoms with Crippen LogP contribution in [0.5, 0.6) is 0 Å². The van der Waals surface area contributed by atoms with E-state index in [0.717, 1.165) is 6.42 Å². The van der Waals surface area contributed by atoms with Gasteiger partial charge >= 0.3 is 5.97 Å². The van der Waals surface area contributed by atoms with Gasteiger partial charge in [-0.3, -0.25) is 4.79 Å². The standard InChI is InChI=1S/C8H9BrO2S/c9-7(8(10)11)4-3-6-2-1-5-12-6/h1-2,5,7H,3-4H2,(H,10,11). The third kappa shape index (κ3) is 2.95. The molecule has 1 unspecified atom stereocenters. The number of aryl methyl sites for hydroxylation is 1. The molecule has 0 aliphatic carbocycles. The Balaban J connectivity index is 2.31. The topological polar surface area (TPSA) is 37.3 Å². The van der Waals surface area contributed by atoms with E-state index in [2.05, 4.69) is 15.9 Å². The Hall–Kier alpha value is -0.350. The molecule has 0 spiro atoms. The van der Waals surface area contributed by atoms with E-state index in [9.17, 15) is 4.79 Å². The Bertz CT molecular complexity index is 246. The normalized spacial score (nSPS) is 12.8. The van der Waals surface area contributed by atoms with Crippen molar-refractivity contribution in [3.8, 4) is 0 Å². The maximum absolute atomic E-state index is 10.4. The molecule has 0 radical (unpaired) electrons. The molecule has 1 N–H and O–H groups in total. The predicted octanol–water partition coefficient (Wildman–Crippen LogP) is 2.53. The molecule has 4 heteroatoms. The van der Waals surface area contributed by atoms with Crippen molar-refractivity contribution < 1.29 is 9.90 Å². The van der Waals surface area contributed by atoms with E-state index >= 15 is 0 Å². The van der Waals surface area contributed by atoms with Gasteiger partial charge in [0, 0.05) is 4.88 Å². The summed E-state index contributed by atoms with van der Waals surface area (Å²) in [4.78, 5) is 11.2. The Labute approximate surface area is 83.4 Å². The van der Waals surface area contributed by atoms with Gasteiger partial charge in [0.05, 0.1) is 0 Å². The molecule has 1 aromatic rings. The summed E-state index contributed by atoms with van der Waals surface area (Å²) in [5.41, 5.74) is 0. The van der Waals surface area contributed by atoms with Crippen LogP contribution in [0.15, 0.2) is 17.5 Å². The van der Waals surface area contributed by atoms with Crippen molar-refractivity contribution in [1.82, 2.24) is 0 Å². The fourth-order valence-corrected chi connectivity index (χ4v) is 1.80. The second-order valence-electron chi connectivity index (χ2n) is 2.42. The maximum Gasteiger partial charge on any atom is 0.317 e. The molecular formula is C8H9BrO2S. The Morgan fingerprint density at radius 3 is 3.00 bits per heavy atom. The monoisotopic (exact) mass is 248 g/mol. The number of hydrogen-bond acceptors (Lipinski definition) is 2. The Kier molecular flexibility index (Phi) is 3.75. The molecule has 12 heavy (non-hydrogen) atoms. The predicted molar refractivity (Wildman–Crippen MR) is 53.0 cm³/mol. The molecule has 1 aromatic heterocycles. The van der Waals surface area contributed by atoms with Gasteiger partial charge in [0.15, 0.2) is 0 Å². The van der Waals surface area contributed by atoms with E-state index in [-0.39, 0.29) is 0 Å². The van der Waals surface area contributed by atoms with E-state index in [1.807, 2.05) is 17.5 Å². The molecule has 66 valence electrons. The lowest BCUT2D eigenvalue weighted by molar-refractivity contribution is -0.136. The second-order valence-corrected chi connectivity index (χ2v) is 4.56. The smallest absolute Gasteiger partial charge is 0.317 e. The van der Waals surface area contributed by atoms with Crippen molar-refractivity contribution in [3.05, 3.63) is 22.4 Å². The lowest BCUT2D eigenvalue weighted by atomic mass is 10.2. The van der Waals surface area contributed by atoms with Crippen LogP contribution in [0.2, 0.25) is 0 Å². The summed E-state index contributed by atoms with van der Waals surface area (Å²) in [6.45, 7) is 0. The number of halogens is 1. The van der Waals surface area contributed by atoms with Gasteiger partial charge in [0.25, 0.3) is 0 Å². The summed E-state index contributed by atoms with van der Waals surface area (Å²) in [5, 5.41) is 10.6. The van der Waals surface area contributed by atoms with E-state index < -0.39 is 10.8 Å². The Morgan fingerprint density at radius 1 is 1.75 bits per heavy atom. The van der Waals surface area contributed by atoms with Crippen LogP contribution in [-0.4, -0.2) is 15.9 Å². The summed E-state index contributed by atoms with van der Waals surface area (Å²) in [7, 11) is 0. The SMILES string of the molecule is O=C(O)C(Br)CCc1cccs1. The molecular weight excluding hydrogens is 240 g/mol. The highest BCUT2D eigenvalue weighted by Crippen LogP contribution is 2.15. The van der Waals surface area contributed by atoms with Crippen molar-refractivity contribution in [1.29, 1.82) is 0 Å². The number of thiophene rings is 1. The maximum atomic E-state index is 10.4.